The number of nitrogens with one attached hydrogen (secondary N) is 1. The molecule has 0 spiro atoms. The van der Waals surface area contributed by atoms with Gasteiger partial charge in [-0.25, -0.2) is 9.78 Å². The number of anilines is 1. The molecular weight excluding hydrogens is 362 g/mol. The number of esters is 1. The van der Waals surface area contributed by atoms with Gasteiger partial charge in [0.2, 0.25) is 0 Å². The minimum absolute atomic E-state index is 0.204. The molecule has 1 N–H and O–H groups in total. The van der Waals surface area contributed by atoms with Gasteiger partial charge >= 0.3 is 5.97 Å². The molecule has 0 atom stereocenters. The lowest BCUT2D eigenvalue weighted by Crippen LogP contribution is -2.30. The van der Waals surface area contributed by atoms with Gasteiger partial charge in [-0.15, -0.1) is 11.3 Å². The van der Waals surface area contributed by atoms with Crippen LogP contribution in [-0.4, -0.2) is 29.1 Å². The minimum Gasteiger partial charge on any atom is -0.462 e. The summed E-state index contributed by atoms with van der Waals surface area (Å²) < 4.78 is 5.09. The number of ether oxygens (including phenoxy) is 1. The molecule has 0 amide bonds. The van der Waals surface area contributed by atoms with Crippen molar-refractivity contribution >= 4 is 33.2 Å². The van der Waals surface area contributed by atoms with Crippen LogP contribution in [0.15, 0.2) is 29.1 Å². The van der Waals surface area contributed by atoms with Crippen LogP contribution in [0.2, 0.25) is 0 Å². The quantitative estimate of drug-likeness (QED) is 0.699. The van der Waals surface area contributed by atoms with Gasteiger partial charge in [-0.2, -0.15) is 0 Å². The zero-order valence-electron chi connectivity index (χ0n) is 15.4. The SMILES string of the molecule is CCOC(=O)c1sc2nc(CN3CCCc4ccccc43)[nH]c(=O)c2c1C. The number of H-pyrrole nitrogens is 1. The molecule has 6 nitrogen and oxygen atoms in total. The summed E-state index contributed by atoms with van der Waals surface area (Å²) in [6, 6.07) is 8.35. The lowest BCUT2D eigenvalue weighted by molar-refractivity contribution is 0.0531. The average Bonchev–Trinajstić information content (AvgIpc) is 2.99. The third-order valence-corrected chi connectivity index (χ3v) is 6.02. The molecule has 0 fully saturated rings. The standard InChI is InChI=1S/C20H21N3O3S/c1-3-26-20(25)17-12(2)16-18(24)21-15(22-19(16)27-17)11-23-10-6-8-13-7-4-5-9-14(13)23/h4-5,7,9H,3,6,8,10-11H2,1-2H3,(H,21,22,24). The molecule has 1 aliphatic heterocycles. The molecule has 0 aliphatic carbocycles. The fourth-order valence-corrected chi connectivity index (χ4v) is 4.71. The predicted octanol–water partition coefficient (Wildman–Crippen LogP) is 3.42. The second-order valence-electron chi connectivity index (χ2n) is 6.62. The Morgan fingerprint density at radius 2 is 2.19 bits per heavy atom. The Balaban J connectivity index is 1.70. The first-order chi connectivity index (χ1) is 13.1. The van der Waals surface area contributed by atoms with Crippen LogP contribution in [-0.2, 0) is 17.7 Å². The molecule has 3 aromatic rings. The Hall–Kier alpha value is -2.67. The molecule has 7 heteroatoms. The van der Waals surface area contributed by atoms with E-state index < -0.39 is 5.97 Å². The summed E-state index contributed by atoms with van der Waals surface area (Å²) in [5.74, 6) is 0.213. The van der Waals surface area contributed by atoms with E-state index in [0.29, 0.717) is 39.6 Å². The number of para-hydroxylation sites is 1. The Bertz CT molecular complexity index is 1070. The maximum atomic E-state index is 12.6. The lowest BCUT2D eigenvalue weighted by Gasteiger charge is -2.30. The van der Waals surface area contributed by atoms with Gasteiger partial charge in [-0.05, 0) is 43.9 Å². The maximum absolute atomic E-state index is 12.6. The van der Waals surface area contributed by atoms with E-state index in [1.807, 2.05) is 6.07 Å². The molecule has 27 heavy (non-hydrogen) atoms. The van der Waals surface area contributed by atoms with E-state index in [1.165, 1.54) is 22.6 Å². The molecule has 0 unspecified atom stereocenters. The number of hydrogen-bond donors (Lipinski definition) is 1. The Kier molecular flexibility index (Phi) is 4.70. The van der Waals surface area contributed by atoms with Gasteiger partial charge < -0.3 is 14.6 Å². The molecule has 0 bridgehead atoms. The molecule has 1 aromatic carbocycles. The molecule has 4 rings (SSSR count). The number of thiophene rings is 1. The van der Waals surface area contributed by atoms with Crippen molar-refractivity contribution in [2.45, 2.75) is 33.2 Å². The van der Waals surface area contributed by atoms with Crippen molar-refractivity contribution in [3.8, 4) is 0 Å². The molecule has 0 radical (unpaired) electrons. The number of benzene rings is 1. The summed E-state index contributed by atoms with van der Waals surface area (Å²) in [7, 11) is 0. The van der Waals surface area contributed by atoms with Gasteiger partial charge in [0.1, 0.15) is 15.5 Å². The third kappa shape index (κ3) is 3.23. The number of fused-ring (bicyclic) bond motifs is 2. The first-order valence-electron chi connectivity index (χ1n) is 9.10. The van der Waals surface area contributed by atoms with Crippen molar-refractivity contribution in [1.82, 2.24) is 9.97 Å². The number of carbonyl (C=O) groups excluding carboxylic acids is 1. The van der Waals surface area contributed by atoms with E-state index in [4.69, 9.17) is 4.74 Å². The summed E-state index contributed by atoms with van der Waals surface area (Å²) in [6.45, 7) is 5.29. The van der Waals surface area contributed by atoms with Crippen LogP contribution < -0.4 is 10.5 Å². The Morgan fingerprint density at radius 3 is 3.00 bits per heavy atom. The normalized spacial score (nSPS) is 13.6. The number of nitrogens with zero attached hydrogens (tertiary/aromatic N) is 2. The van der Waals surface area contributed by atoms with Crippen LogP contribution in [0, 0.1) is 6.92 Å². The van der Waals surface area contributed by atoms with Crippen LogP contribution in [0.5, 0.6) is 0 Å². The predicted molar refractivity (Wildman–Crippen MR) is 107 cm³/mol. The molecule has 0 saturated heterocycles. The smallest absolute Gasteiger partial charge is 0.348 e. The minimum atomic E-state index is -0.399. The summed E-state index contributed by atoms with van der Waals surface area (Å²) in [5, 5.41) is 0.478. The lowest BCUT2D eigenvalue weighted by atomic mass is 10.0. The van der Waals surface area contributed by atoms with E-state index in [0.717, 1.165) is 19.4 Å². The van der Waals surface area contributed by atoms with E-state index in [9.17, 15) is 9.59 Å². The Labute approximate surface area is 160 Å². The third-order valence-electron chi connectivity index (χ3n) is 4.86. The Morgan fingerprint density at radius 1 is 1.37 bits per heavy atom. The molecular formula is C20H21N3O3S. The molecule has 1 aliphatic rings. The highest BCUT2D eigenvalue weighted by atomic mass is 32.1. The fraction of sp³-hybridized carbons (Fsp3) is 0.350. The summed E-state index contributed by atoms with van der Waals surface area (Å²) in [4.78, 5) is 35.6. The first-order valence-corrected chi connectivity index (χ1v) is 9.92. The van der Waals surface area contributed by atoms with Gasteiger partial charge in [0.15, 0.2) is 0 Å². The van der Waals surface area contributed by atoms with E-state index >= 15 is 0 Å². The molecule has 140 valence electrons. The topological polar surface area (TPSA) is 75.3 Å². The van der Waals surface area contributed by atoms with Crippen molar-refractivity contribution in [3.63, 3.8) is 0 Å². The maximum Gasteiger partial charge on any atom is 0.348 e. The van der Waals surface area contributed by atoms with Gasteiger partial charge in [-0.1, -0.05) is 18.2 Å². The highest BCUT2D eigenvalue weighted by Crippen LogP contribution is 2.30. The van der Waals surface area contributed by atoms with Crippen LogP contribution in [0.4, 0.5) is 5.69 Å². The second kappa shape index (κ2) is 7.15. The number of rotatable bonds is 4. The van der Waals surface area contributed by atoms with Gasteiger partial charge in [0, 0.05) is 12.2 Å². The number of carbonyl (C=O) groups is 1. The highest BCUT2D eigenvalue weighted by molar-refractivity contribution is 7.20. The number of hydrogen-bond acceptors (Lipinski definition) is 6. The first kappa shape index (κ1) is 17.7. The van der Waals surface area contributed by atoms with Gasteiger partial charge in [0.05, 0.1) is 18.5 Å². The average molecular weight is 383 g/mol. The number of aryl methyl sites for hydroxylation is 2. The van der Waals surface area contributed by atoms with Crippen LogP contribution in [0.3, 0.4) is 0 Å². The van der Waals surface area contributed by atoms with Crippen molar-refractivity contribution in [1.29, 1.82) is 0 Å². The summed E-state index contributed by atoms with van der Waals surface area (Å²) in [6.07, 6.45) is 2.15. The van der Waals surface area contributed by atoms with E-state index in [1.54, 1.807) is 13.8 Å². The summed E-state index contributed by atoms with van der Waals surface area (Å²) >= 11 is 1.22. The number of aromatic nitrogens is 2. The molecule has 2 aromatic heterocycles. The van der Waals surface area contributed by atoms with E-state index in [-0.39, 0.29) is 5.56 Å². The largest absolute Gasteiger partial charge is 0.462 e. The van der Waals surface area contributed by atoms with Gasteiger partial charge in [0.25, 0.3) is 5.56 Å². The highest BCUT2D eigenvalue weighted by Gasteiger charge is 2.22. The van der Waals surface area contributed by atoms with Crippen LogP contribution >= 0.6 is 11.3 Å². The molecule has 3 heterocycles. The van der Waals surface area contributed by atoms with Crippen LogP contribution in [0.25, 0.3) is 10.2 Å². The zero-order chi connectivity index (χ0) is 19.0. The molecule has 0 saturated carbocycles. The van der Waals surface area contributed by atoms with Crippen molar-refractivity contribution in [2.75, 3.05) is 18.1 Å². The summed E-state index contributed by atoms with van der Waals surface area (Å²) in [5.41, 5.74) is 2.95. The fourth-order valence-electron chi connectivity index (χ4n) is 3.61. The van der Waals surface area contributed by atoms with E-state index in [2.05, 4.69) is 33.1 Å². The van der Waals surface area contributed by atoms with Crippen molar-refractivity contribution in [2.24, 2.45) is 0 Å². The van der Waals surface area contributed by atoms with Gasteiger partial charge in [-0.3, -0.25) is 4.79 Å². The van der Waals surface area contributed by atoms with Crippen molar-refractivity contribution < 1.29 is 9.53 Å². The second-order valence-corrected chi connectivity index (χ2v) is 7.62. The van der Waals surface area contributed by atoms with Crippen molar-refractivity contribution in [3.05, 3.63) is 56.4 Å². The van der Waals surface area contributed by atoms with Crippen LogP contribution in [0.1, 0.15) is 40.0 Å². The number of aromatic amines is 1. The monoisotopic (exact) mass is 383 g/mol. The zero-order valence-corrected chi connectivity index (χ0v) is 16.2.